The Morgan fingerprint density at radius 2 is 2.19 bits per heavy atom. The Bertz CT molecular complexity index is 780. The molecule has 1 aromatic carbocycles. The molecule has 0 aliphatic heterocycles. The zero-order valence-corrected chi connectivity index (χ0v) is 16.2. The zero-order chi connectivity index (χ0) is 18.8. The molecule has 0 aliphatic rings. The third-order valence-corrected chi connectivity index (χ3v) is 4.29. The Labute approximate surface area is 158 Å². The molecule has 0 atom stereocenters. The van der Waals surface area contributed by atoms with E-state index in [0.29, 0.717) is 24.6 Å². The van der Waals surface area contributed by atoms with E-state index in [4.69, 9.17) is 15.9 Å². The minimum atomic E-state index is 0.195. The van der Waals surface area contributed by atoms with Gasteiger partial charge in [-0.3, -0.25) is 0 Å². The summed E-state index contributed by atoms with van der Waals surface area (Å²) in [6, 6.07) is 5.71. The Balaban J connectivity index is 2.04. The number of aliphatic imine (C=N–C) groups is 1. The second-order valence-corrected chi connectivity index (χ2v) is 6.71. The van der Waals surface area contributed by atoms with E-state index in [1.165, 1.54) is 4.88 Å². The molecule has 0 radical (unpaired) electrons. The predicted molar refractivity (Wildman–Crippen MR) is 106 cm³/mol. The number of nitrogens with one attached hydrogen (secondary N) is 2. The van der Waals surface area contributed by atoms with Crippen LogP contribution in [0.15, 0.2) is 29.4 Å². The third kappa shape index (κ3) is 5.97. The van der Waals surface area contributed by atoms with Crippen molar-refractivity contribution in [3.8, 4) is 23.8 Å². The van der Waals surface area contributed by atoms with E-state index < -0.39 is 0 Å². The van der Waals surface area contributed by atoms with Crippen LogP contribution in [0.5, 0.6) is 11.5 Å². The lowest BCUT2D eigenvalue weighted by Crippen LogP contribution is -2.36. The van der Waals surface area contributed by atoms with E-state index in [0.717, 1.165) is 23.1 Å². The molecule has 0 bridgehead atoms. The summed E-state index contributed by atoms with van der Waals surface area (Å²) in [6.45, 7) is 6.20. The summed E-state index contributed by atoms with van der Waals surface area (Å²) in [5, 5.41) is 7.56. The van der Waals surface area contributed by atoms with Crippen molar-refractivity contribution in [1.82, 2.24) is 15.6 Å². The highest BCUT2D eigenvalue weighted by molar-refractivity contribution is 7.11. The first-order valence-electron chi connectivity index (χ1n) is 8.33. The number of hydrogen-bond acceptors (Lipinski definition) is 5. The van der Waals surface area contributed by atoms with Crippen molar-refractivity contribution in [1.29, 1.82) is 0 Å². The van der Waals surface area contributed by atoms with Gasteiger partial charge in [-0.1, -0.05) is 12.0 Å². The number of aryl methyl sites for hydroxylation is 1. The number of aromatic nitrogens is 1. The number of hydrogen-bond donors (Lipinski definition) is 2. The largest absolute Gasteiger partial charge is 0.493 e. The molecule has 1 heterocycles. The fraction of sp³-hybridized carbons (Fsp3) is 0.368. The Kier molecular flexibility index (Phi) is 7.77. The number of methoxy groups -OCH3 is 1. The van der Waals surface area contributed by atoms with E-state index in [1.807, 2.05) is 38.2 Å². The van der Waals surface area contributed by atoms with Gasteiger partial charge in [0.15, 0.2) is 17.5 Å². The molecule has 2 aromatic rings. The summed E-state index contributed by atoms with van der Waals surface area (Å²) >= 11 is 1.67. The molecule has 1 aromatic heterocycles. The van der Waals surface area contributed by atoms with Gasteiger partial charge in [0.2, 0.25) is 0 Å². The highest BCUT2D eigenvalue weighted by Gasteiger charge is 2.06. The molecule has 138 valence electrons. The van der Waals surface area contributed by atoms with Crippen molar-refractivity contribution in [2.45, 2.75) is 26.9 Å². The van der Waals surface area contributed by atoms with Crippen LogP contribution in [-0.2, 0) is 13.1 Å². The SMILES string of the molecule is C#CCOc1cc(CN=C(NCC)NCc2ncc(C)s2)ccc1OC. The summed E-state index contributed by atoms with van der Waals surface area (Å²) in [5.74, 6) is 4.47. The molecule has 6 nitrogen and oxygen atoms in total. The smallest absolute Gasteiger partial charge is 0.191 e. The second-order valence-electron chi connectivity index (χ2n) is 5.39. The average molecular weight is 372 g/mol. The number of guanidine groups is 1. The maximum absolute atomic E-state index is 5.53. The number of terminal acetylenes is 1. The molecule has 0 spiro atoms. The first-order chi connectivity index (χ1) is 12.7. The first kappa shape index (κ1) is 19.6. The molecule has 0 amide bonds. The summed E-state index contributed by atoms with van der Waals surface area (Å²) in [6.07, 6.45) is 7.14. The molecule has 0 aliphatic carbocycles. The van der Waals surface area contributed by atoms with Crippen LogP contribution in [0.2, 0.25) is 0 Å². The van der Waals surface area contributed by atoms with Crippen LogP contribution >= 0.6 is 11.3 Å². The maximum Gasteiger partial charge on any atom is 0.191 e. The van der Waals surface area contributed by atoms with Crippen LogP contribution in [0, 0.1) is 19.3 Å². The third-order valence-electron chi connectivity index (χ3n) is 3.38. The van der Waals surface area contributed by atoms with Gasteiger partial charge in [0.1, 0.15) is 11.6 Å². The van der Waals surface area contributed by atoms with Crippen molar-refractivity contribution in [3.05, 3.63) is 39.8 Å². The van der Waals surface area contributed by atoms with E-state index in [2.05, 4.69) is 26.5 Å². The van der Waals surface area contributed by atoms with Gasteiger partial charge in [-0.15, -0.1) is 17.8 Å². The zero-order valence-electron chi connectivity index (χ0n) is 15.3. The van der Waals surface area contributed by atoms with Gasteiger partial charge in [-0.05, 0) is 31.5 Å². The van der Waals surface area contributed by atoms with Crippen molar-refractivity contribution in [3.63, 3.8) is 0 Å². The van der Waals surface area contributed by atoms with E-state index >= 15 is 0 Å². The van der Waals surface area contributed by atoms with E-state index in [9.17, 15) is 0 Å². The quantitative estimate of drug-likeness (QED) is 0.424. The van der Waals surface area contributed by atoms with Gasteiger partial charge in [-0.25, -0.2) is 9.98 Å². The summed E-state index contributed by atoms with van der Waals surface area (Å²) < 4.78 is 10.8. The highest BCUT2D eigenvalue weighted by Crippen LogP contribution is 2.28. The number of benzene rings is 1. The van der Waals surface area contributed by atoms with Crippen molar-refractivity contribution >= 4 is 17.3 Å². The van der Waals surface area contributed by atoms with Gasteiger partial charge in [0, 0.05) is 17.6 Å². The minimum absolute atomic E-state index is 0.195. The van der Waals surface area contributed by atoms with Crippen LogP contribution in [0.1, 0.15) is 22.4 Å². The highest BCUT2D eigenvalue weighted by atomic mass is 32.1. The first-order valence-corrected chi connectivity index (χ1v) is 9.14. The minimum Gasteiger partial charge on any atom is -0.493 e. The molecule has 0 unspecified atom stereocenters. The molecule has 7 heteroatoms. The lowest BCUT2D eigenvalue weighted by Gasteiger charge is -2.12. The van der Waals surface area contributed by atoms with Crippen LogP contribution in [0.4, 0.5) is 0 Å². The maximum atomic E-state index is 5.53. The molecule has 2 rings (SSSR count). The lowest BCUT2D eigenvalue weighted by atomic mass is 10.2. The number of rotatable bonds is 8. The standard InChI is InChI=1S/C19H24N4O2S/c1-5-9-25-17-10-15(7-8-16(17)24-4)12-22-19(20-6-2)23-13-18-21-11-14(3)26-18/h1,7-8,10-11H,6,9,12-13H2,2-4H3,(H2,20,22,23). The molecule has 26 heavy (non-hydrogen) atoms. The Hall–Kier alpha value is -2.72. The van der Waals surface area contributed by atoms with Crippen LogP contribution in [0.25, 0.3) is 0 Å². The van der Waals surface area contributed by atoms with Crippen molar-refractivity contribution in [2.24, 2.45) is 4.99 Å². The molecular formula is C19H24N4O2S. The normalized spacial score (nSPS) is 10.9. The predicted octanol–water partition coefficient (Wildman–Crippen LogP) is 2.73. The lowest BCUT2D eigenvalue weighted by molar-refractivity contribution is 0.330. The summed E-state index contributed by atoms with van der Waals surface area (Å²) in [7, 11) is 1.60. The van der Waals surface area contributed by atoms with Crippen LogP contribution < -0.4 is 20.1 Å². The topological polar surface area (TPSA) is 67.8 Å². The number of thiazole rings is 1. The average Bonchev–Trinajstić information content (AvgIpc) is 3.07. The van der Waals surface area contributed by atoms with Crippen LogP contribution in [0.3, 0.4) is 0 Å². The van der Waals surface area contributed by atoms with Crippen LogP contribution in [-0.4, -0.2) is 31.2 Å². The Morgan fingerprint density at radius 1 is 1.35 bits per heavy atom. The van der Waals surface area contributed by atoms with Gasteiger partial charge >= 0.3 is 0 Å². The summed E-state index contributed by atoms with van der Waals surface area (Å²) in [5.41, 5.74) is 1.00. The van der Waals surface area contributed by atoms with Gasteiger partial charge < -0.3 is 20.1 Å². The molecule has 0 saturated carbocycles. The molecular weight excluding hydrogens is 348 g/mol. The second kappa shape index (κ2) is 10.3. The van der Waals surface area contributed by atoms with Gasteiger partial charge in [0.25, 0.3) is 0 Å². The number of nitrogens with zero attached hydrogens (tertiary/aromatic N) is 2. The van der Waals surface area contributed by atoms with E-state index in [-0.39, 0.29) is 6.61 Å². The molecule has 0 saturated heterocycles. The fourth-order valence-electron chi connectivity index (χ4n) is 2.21. The summed E-state index contributed by atoms with van der Waals surface area (Å²) in [4.78, 5) is 10.2. The van der Waals surface area contributed by atoms with Crippen molar-refractivity contribution in [2.75, 3.05) is 20.3 Å². The number of ether oxygens (including phenoxy) is 2. The van der Waals surface area contributed by atoms with Crippen molar-refractivity contribution < 1.29 is 9.47 Å². The fourth-order valence-corrected chi connectivity index (χ4v) is 2.93. The monoisotopic (exact) mass is 372 g/mol. The van der Waals surface area contributed by atoms with E-state index in [1.54, 1.807) is 18.4 Å². The molecule has 0 fully saturated rings. The van der Waals surface area contributed by atoms with Gasteiger partial charge in [0.05, 0.1) is 20.2 Å². The van der Waals surface area contributed by atoms with Gasteiger partial charge in [-0.2, -0.15) is 0 Å². The molecule has 2 N–H and O–H groups in total. The Morgan fingerprint density at radius 3 is 2.85 bits per heavy atom.